The van der Waals surface area contributed by atoms with Crippen molar-refractivity contribution in [1.29, 1.82) is 0 Å². The fourth-order valence-corrected chi connectivity index (χ4v) is 1.78. The molecule has 0 unspecified atom stereocenters. The Labute approximate surface area is 98.5 Å². The molecule has 1 fully saturated rings. The van der Waals surface area contributed by atoms with Crippen LogP contribution in [0.5, 0.6) is 0 Å². The summed E-state index contributed by atoms with van der Waals surface area (Å²) in [5.74, 6) is 0.127. The summed E-state index contributed by atoms with van der Waals surface area (Å²) in [4.78, 5) is 5.67. The smallest absolute Gasteiger partial charge is 0.356 e. The highest BCUT2D eigenvalue weighted by molar-refractivity contribution is 5.51. The highest BCUT2D eigenvalue weighted by atomic mass is 19.4. The third-order valence-electron chi connectivity index (χ3n) is 3.02. The summed E-state index contributed by atoms with van der Waals surface area (Å²) in [6.07, 6.45) is -1.85. The van der Waals surface area contributed by atoms with Crippen LogP contribution < -0.4 is 4.90 Å². The molecule has 0 bridgehead atoms. The number of halogens is 3. The normalized spacial score (nSPS) is 16.2. The van der Waals surface area contributed by atoms with E-state index in [-0.39, 0.29) is 11.7 Å². The van der Waals surface area contributed by atoms with Gasteiger partial charge >= 0.3 is 6.18 Å². The molecule has 0 radical (unpaired) electrons. The second-order valence-corrected chi connectivity index (χ2v) is 4.63. The van der Waals surface area contributed by atoms with E-state index in [1.54, 1.807) is 11.1 Å². The van der Waals surface area contributed by atoms with Crippen LogP contribution in [0.3, 0.4) is 0 Å². The van der Waals surface area contributed by atoms with Gasteiger partial charge in [0.2, 0.25) is 0 Å². The summed E-state index contributed by atoms with van der Waals surface area (Å²) in [7, 11) is 0. The molecule has 0 N–H and O–H groups in total. The van der Waals surface area contributed by atoms with Crippen molar-refractivity contribution in [2.24, 2.45) is 0 Å². The predicted molar refractivity (Wildman–Crippen MR) is 60.2 cm³/mol. The monoisotopic (exact) mass is 244 g/mol. The zero-order valence-corrected chi connectivity index (χ0v) is 9.88. The van der Waals surface area contributed by atoms with E-state index in [0.717, 1.165) is 6.42 Å². The van der Waals surface area contributed by atoms with E-state index >= 15 is 0 Å². The van der Waals surface area contributed by atoms with Crippen LogP contribution in [0.25, 0.3) is 0 Å². The largest absolute Gasteiger partial charge is 0.419 e. The molecule has 0 amide bonds. The minimum atomic E-state index is -4.33. The van der Waals surface area contributed by atoms with Gasteiger partial charge < -0.3 is 4.90 Å². The van der Waals surface area contributed by atoms with Gasteiger partial charge in [-0.2, -0.15) is 13.2 Å². The van der Waals surface area contributed by atoms with E-state index in [0.29, 0.717) is 18.7 Å². The summed E-state index contributed by atoms with van der Waals surface area (Å²) in [5.41, 5.74) is 0.0185. The maximum Gasteiger partial charge on any atom is 0.419 e. The molecular weight excluding hydrogens is 229 g/mol. The van der Waals surface area contributed by atoms with Crippen LogP contribution in [0.2, 0.25) is 0 Å². The molecule has 1 aliphatic heterocycles. The van der Waals surface area contributed by atoms with Gasteiger partial charge in [-0.25, -0.2) is 4.98 Å². The number of pyridine rings is 1. The van der Waals surface area contributed by atoms with E-state index in [1.807, 2.05) is 13.8 Å². The van der Waals surface area contributed by atoms with E-state index in [1.165, 1.54) is 6.07 Å². The maximum atomic E-state index is 12.9. The lowest BCUT2D eigenvalue weighted by atomic mass is 10.0. The topological polar surface area (TPSA) is 16.1 Å². The van der Waals surface area contributed by atoms with Crippen LogP contribution in [-0.4, -0.2) is 18.1 Å². The number of nitrogens with zero attached hydrogens (tertiary/aromatic N) is 2. The Bertz CT molecular complexity index is 409. The molecule has 17 heavy (non-hydrogen) atoms. The van der Waals surface area contributed by atoms with Crippen molar-refractivity contribution < 1.29 is 13.2 Å². The van der Waals surface area contributed by atoms with E-state index in [9.17, 15) is 13.2 Å². The molecule has 1 aliphatic rings. The first kappa shape index (κ1) is 12.2. The molecule has 94 valence electrons. The second kappa shape index (κ2) is 4.20. The Balaban J connectivity index is 2.44. The number of aromatic nitrogens is 1. The molecular formula is C12H15F3N2. The molecule has 5 heteroatoms. The lowest BCUT2D eigenvalue weighted by molar-refractivity contribution is -0.137. The van der Waals surface area contributed by atoms with E-state index in [2.05, 4.69) is 4.98 Å². The standard InChI is InChI=1S/C12H15F3N2/c1-8(2)9-6-10(12(13,14)15)11(16-7-9)17-4-3-5-17/h6-8H,3-5H2,1-2H3. The Morgan fingerprint density at radius 1 is 1.29 bits per heavy atom. The molecule has 1 saturated heterocycles. The zero-order valence-electron chi connectivity index (χ0n) is 9.88. The molecule has 0 saturated carbocycles. The molecule has 2 heterocycles. The van der Waals surface area contributed by atoms with E-state index < -0.39 is 11.7 Å². The highest BCUT2D eigenvalue weighted by Crippen LogP contribution is 2.38. The van der Waals surface area contributed by atoms with Crippen LogP contribution in [0.4, 0.5) is 19.0 Å². The molecule has 0 aromatic carbocycles. The zero-order chi connectivity index (χ0) is 12.6. The summed E-state index contributed by atoms with van der Waals surface area (Å²) < 4.78 is 38.8. The Morgan fingerprint density at radius 3 is 2.35 bits per heavy atom. The Hall–Kier alpha value is -1.26. The average molecular weight is 244 g/mol. The Morgan fingerprint density at radius 2 is 1.94 bits per heavy atom. The molecule has 1 aromatic rings. The van der Waals surface area contributed by atoms with Crippen LogP contribution >= 0.6 is 0 Å². The van der Waals surface area contributed by atoms with Gasteiger partial charge in [0.15, 0.2) is 0 Å². The van der Waals surface area contributed by atoms with Crippen LogP contribution in [0.15, 0.2) is 12.3 Å². The molecule has 0 spiro atoms. The van der Waals surface area contributed by atoms with Gasteiger partial charge in [-0.1, -0.05) is 13.8 Å². The molecule has 2 nitrogen and oxygen atoms in total. The lowest BCUT2D eigenvalue weighted by Gasteiger charge is -2.34. The van der Waals surface area contributed by atoms with Crippen molar-refractivity contribution in [2.75, 3.05) is 18.0 Å². The first-order valence-electron chi connectivity index (χ1n) is 5.71. The molecule has 1 aromatic heterocycles. The van der Waals surface area contributed by atoms with Gasteiger partial charge in [-0.15, -0.1) is 0 Å². The maximum absolute atomic E-state index is 12.9. The lowest BCUT2D eigenvalue weighted by Crippen LogP contribution is -2.39. The predicted octanol–water partition coefficient (Wildman–Crippen LogP) is 3.43. The summed E-state index contributed by atoms with van der Waals surface area (Å²) in [6.45, 7) is 5.05. The van der Waals surface area contributed by atoms with Crippen molar-refractivity contribution in [3.05, 3.63) is 23.4 Å². The quantitative estimate of drug-likeness (QED) is 0.792. The van der Waals surface area contributed by atoms with Gasteiger partial charge in [0.25, 0.3) is 0 Å². The first-order valence-corrected chi connectivity index (χ1v) is 5.71. The fraction of sp³-hybridized carbons (Fsp3) is 0.583. The third-order valence-corrected chi connectivity index (χ3v) is 3.02. The number of hydrogen-bond acceptors (Lipinski definition) is 2. The number of alkyl halides is 3. The summed E-state index contributed by atoms with van der Waals surface area (Å²) in [6, 6.07) is 1.23. The summed E-state index contributed by atoms with van der Waals surface area (Å²) in [5, 5.41) is 0. The number of hydrogen-bond donors (Lipinski definition) is 0. The molecule has 0 aliphatic carbocycles. The van der Waals surface area contributed by atoms with E-state index in [4.69, 9.17) is 0 Å². The Kier molecular flexibility index (Phi) is 3.02. The van der Waals surface area contributed by atoms with Crippen molar-refractivity contribution in [1.82, 2.24) is 4.98 Å². The number of anilines is 1. The molecule has 0 atom stereocenters. The fourth-order valence-electron chi connectivity index (χ4n) is 1.78. The minimum Gasteiger partial charge on any atom is -0.356 e. The van der Waals surface area contributed by atoms with Crippen LogP contribution in [0.1, 0.15) is 37.3 Å². The third kappa shape index (κ3) is 2.37. The molecule has 2 rings (SSSR count). The van der Waals surface area contributed by atoms with Crippen molar-refractivity contribution in [3.63, 3.8) is 0 Å². The highest BCUT2D eigenvalue weighted by Gasteiger charge is 2.37. The van der Waals surface area contributed by atoms with Crippen molar-refractivity contribution in [3.8, 4) is 0 Å². The number of rotatable bonds is 2. The van der Waals surface area contributed by atoms with Gasteiger partial charge in [0, 0.05) is 19.3 Å². The van der Waals surface area contributed by atoms with Gasteiger partial charge in [-0.3, -0.25) is 0 Å². The average Bonchev–Trinajstić information content (AvgIpc) is 2.13. The first-order chi connectivity index (χ1) is 7.89. The minimum absolute atomic E-state index is 0.0500. The van der Waals surface area contributed by atoms with Crippen LogP contribution in [-0.2, 0) is 6.18 Å². The summed E-state index contributed by atoms with van der Waals surface area (Å²) >= 11 is 0. The second-order valence-electron chi connectivity index (χ2n) is 4.63. The van der Waals surface area contributed by atoms with Crippen LogP contribution in [0, 0.1) is 0 Å². The SMILES string of the molecule is CC(C)c1cnc(N2CCC2)c(C(F)(F)F)c1. The van der Waals surface area contributed by atoms with Crippen molar-refractivity contribution in [2.45, 2.75) is 32.4 Å². The van der Waals surface area contributed by atoms with Gasteiger partial charge in [0.05, 0.1) is 5.56 Å². The van der Waals surface area contributed by atoms with Gasteiger partial charge in [0.1, 0.15) is 5.82 Å². The van der Waals surface area contributed by atoms with Gasteiger partial charge in [-0.05, 0) is 24.0 Å². The van der Waals surface area contributed by atoms with Crippen molar-refractivity contribution >= 4 is 5.82 Å².